The Kier molecular flexibility index (Phi) is 9.44. The minimum absolute atomic E-state index is 0.113. The predicted octanol–water partition coefficient (Wildman–Crippen LogP) is 5.20. The van der Waals surface area contributed by atoms with Gasteiger partial charge in [0.1, 0.15) is 17.6 Å². The van der Waals surface area contributed by atoms with Crippen LogP contribution in [0.3, 0.4) is 0 Å². The monoisotopic (exact) mass is 492 g/mol. The van der Waals surface area contributed by atoms with Crippen molar-refractivity contribution in [1.29, 1.82) is 0 Å². The number of halogens is 2. The van der Waals surface area contributed by atoms with Crippen LogP contribution in [0.25, 0.3) is 0 Å². The molecule has 0 unspecified atom stereocenters. The normalized spacial score (nSPS) is 14.7. The van der Waals surface area contributed by atoms with E-state index in [-0.39, 0.29) is 35.2 Å². The third-order valence-electron chi connectivity index (χ3n) is 5.91. The molecule has 2 amide bonds. The summed E-state index contributed by atoms with van der Waals surface area (Å²) >= 11 is 7.38. The van der Waals surface area contributed by atoms with Gasteiger partial charge in [-0.15, -0.1) is 11.8 Å². The van der Waals surface area contributed by atoms with Crippen LogP contribution in [-0.2, 0) is 21.9 Å². The van der Waals surface area contributed by atoms with E-state index >= 15 is 0 Å². The summed E-state index contributed by atoms with van der Waals surface area (Å²) in [5.74, 6) is 0.393. The molecule has 0 spiro atoms. The molecule has 5 nitrogen and oxygen atoms in total. The van der Waals surface area contributed by atoms with Crippen LogP contribution < -0.4 is 10.1 Å². The molecule has 0 heterocycles. The van der Waals surface area contributed by atoms with E-state index in [1.165, 1.54) is 17.8 Å². The molecule has 8 heteroatoms. The van der Waals surface area contributed by atoms with E-state index in [2.05, 4.69) is 5.32 Å². The van der Waals surface area contributed by atoms with Crippen molar-refractivity contribution in [2.45, 2.75) is 57.0 Å². The standard InChI is InChI=1S/C25H30ClFN2O3S/c1-17(25(31)28-19-6-3-4-7-19)29(14-18-10-12-20(32-2)13-11-18)24(30)16-33-15-21-22(26)8-5-9-23(21)27/h5,8-13,17,19H,3-4,6-7,14-16H2,1-2H3,(H,28,31)/t17-/m0/s1. The molecular weight excluding hydrogens is 463 g/mol. The van der Waals surface area contributed by atoms with Crippen molar-refractivity contribution < 1.29 is 18.7 Å². The minimum Gasteiger partial charge on any atom is -0.497 e. The Hall–Kier alpha value is -2.25. The number of hydrogen-bond donors (Lipinski definition) is 1. The van der Waals surface area contributed by atoms with E-state index in [4.69, 9.17) is 16.3 Å². The second-order valence-corrected chi connectivity index (χ2v) is 9.62. The van der Waals surface area contributed by atoms with E-state index < -0.39 is 6.04 Å². The molecule has 1 aliphatic carbocycles. The molecule has 33 heavy (non-hydrogen) atoms. The number of hydrogen-bond acceptors (Lipinski definition) is 4. The maximum absolute atomic E-state index is 14.1. The molecule has 0 aromatic heterocycles. The summed E-state index contributed by atoms with van der Waals surface area (Å²) in [6.45, 7) is 2.05. The number of rotatable bonds is 10. The quantitative estimate of drug-likeness (QED) is 0.495. The van der Waals surface area contributed by atoms with Gasteiger partial charge in [0.2, 0.25) is 11.8 Å². The van der Waals surface area contributed by atoms with Crippen LogP contribution in [0.15, 0.2) is 42.5 Å². The molecule has 1 atom stereocenters. The lowest BCUT2D eigenvalue weighted by molar-refractivity contribution is -0.138. The lowest BCUT2D eigenvalue weighted by atomic mass is 10.1. The van der Waals surface area contributed by atoms with Gasteiger partial charge in [0.05, 0.1) is 12.9 Å². The first-order chi connectivity index (χ1) is 15.9. The van der Waals surface area contributed by atoms with Gasteiger partial charge in [-0.2, -0.15) is 0 Å². The summed E-state index contributed by atoms with van der Waals surface area (Å²) in [4.78, 5) is 27.7. The first kappa shape index (κ1) is 25.4. The first-order valence-corrected chi connectivity index (χ1v) is 12.7. The predicted molar refractivity (Wildman–Crippen MR) is 131 cm³/mol. The Balaban J connectivity index is 1.68. The zero-order valence-electron chi connectivity index (χ0n) is 19.0. The third-order valence-corrected chi connectivity index (χ3v) is 7.21. The molecule has 3 rings (SSSR count). The van der Waals surface area contributed by atoms with Crippen molar-refractivity contribution in [3.05, 3.63) is 64.4 Å². The average molecular weight is 493 g/mol. The van der Waals surface area contributed by atoms with Gasteiger partial charge in [-0.1, -0.05) is 42.6 Å². The number of nitrogens with one attached hydrogen (secondary N) is 1. The largest absolute Gasteiger partial charge is 0.497 e. The molecular formula is C25H30ClFN2O3S. The van der Waals surface area contributed by atoms with E-state index in [0.29, 0.717) is 17.1 Å². The molecule has 1 saturated carbocycles. The summed E-state index contributed by atoms with van der Waals surface area (Å²) in [6, 6.07) is 11.5. The number of methoxy groups -OCH3 is 1. The Morgan fingerprint density at radius 2 is 1.91 bits per heavy atom. The summed E-state index contributed by atoms with van der Waals surface area (Å²) < 4.78 is 19.3. The Morgan fingerprint density at radius 1 is 1.21 bits per heavy atom. The lowest BCUT2D eigenvalue weighted by Crippen LogP contribution is -2.50. The highest BCUT2D eigenvalue weighted by molar-refractivity contribution is 7.99. The lowest BCUT2D eigenvalue weighted by Gasteiger charge is -2.29. The van der Waals surface area contributed by atoms with E-state index in [1.807, 2.05) is 24.3 Å². The van der Waals surface area contributed by atoms with Crippen molar-refractivity contribution in [2.24, 2.45) is 0 Å². The van der Waals surface area contributed by atoms with E-state index in [0.717, 1.165) is 37.0 Å². The van der Waals surface area contributed by atoms with Crippen LogP contribution >= 0.6 is 23.4 Å². The molecule has 178 valence electrons. The molecule has 0 radical (unpaired) electrons. The molecule has 1 N–H and O–H groups in total. The van der Waals surface area contributed by atoms with Gasteiger partial charge in [-0.3, -0.25) is 9.59 Å². The third kappa shape index (κ3) is 7.11. The first-order valence-electron chi connectivity index (χ1n) is 11.1. The van der Waals surface area contributed by atoms with Gasteiger partial charge >= 0.3 is 0 Å². The minimum atomic E-state index is -0.627. The van der Waals surface area contributed by atoms with Crippen molar-refractivity contribution in [3.8, 4) is 5.75 Å². The Bertz CT molecular complexity index is 931. The Labute approximate surface area is 204 Å². The van der Waals surface area contributed by atoms with Gasteiger partial charge in [-0.05, 0) is 49.6 Å². The van der Waals surface area contributed by atoms with Crippen LogP contribution in [0, 0.1) is 5.82 Å². The smallest absolute Gasteiger partial charge is 0.242 e. The van der Waals surface area contributed by atoms with Gasteiger partial charge in [-0.25, -0.2) is 4.39 Å². The average Bonchev–Trinajstić information content (AvgIpc) is 3.32. The molecule has 2 aromatic carbocycles. The fraction of sp³-hybridized carbons (Fsp3) is 0.440. The number of amides is 2. The molecule has 1 aliphatic rings. The Morgan fingerprint density at radius 3 is 2.55 bits per heavy atom. The van der Waals surface area contributed by atoms with Crippen molar-refractivity contribution >= 4 is 35.2 Å². The maximum atomic E-state index is 14.1. The molecule has 0 saturated heterocycles. The van der Waals surface area contributed by atoms with Gasteiger partial charge in [0.15, 0.2) is 0 Å². The maximum Gasteiger partial charge on any atom is 0.242 e. The van der Waals surface area contributed by atoms with Gasteiger partial charge < -0.3 is 15.0 Å². The van der Waals surface area contributed by atoms with Crippen molar-refractivity contribution in [1.82, 2.24) is 10.2 Å². The summed E-state index contributed by atoms with van der Waals surface area (Å²) in [7, 11) is 1.60. The molecule has 2 aromatic rings. The number of ether oxygens (including phenoxy) is 1. The molecule has 0 aliphatic heterocycles. The highest BCUT2D eigenvalue weighted by Crippen LogP contribution is 2.25. The van der Waals surface area contributed by atoms with Crippen molar-refractivity contribution in [2.75, 3.05) is 12.9 Å². The number of thioether (sulfide) groups is 1. The van der Waals surface area contributed by atoms with Crippen LogP contribution in [0.4, 0.5) is 4.39 Å². The van der Waals surface area contributed by atoms with E-state index in [9.17, 15) is 14.0 Å². The van der Waals surface area contributed by atoms with Gasteiger partial charge in [0.25, 0.3) is 0 Å². The number of carbonyl (C=O) groups is 2. The second-order valence-electron chi connectivity index (χ2n) is 8.23. The van der Waals surface area contributed by atoms with Crippen LogP contribution in [0.2, 0.25) is 5.02 Å². The topological polar surface area (TPSA) is 58.6 Å². The highest BCUT2D eigenvalue weighted by Gasteiger charge is 2.28. The summed E-state index contributed by atoms with van der Waals surface area (Å²) in [5.41, 5.74) is 1.28. The molecule has 0 bridgehead atoms. The van der Waals surface area contributed by atoms with E-state index in [1.54, 1.807) is 31.1 Å². The fourth-order valence-electron chi connectivity index (χ4n) is 3.90. The van der Waals surface area contributed by atoms with Crippen LogP contribution in [0.5, 0.6) is 5.75 Å². The van der Waals surface area contributed by atoms with Crippen LogP contribution in [0.1, 0.15) is 43.7 Å². The summed E-state index contributed by atoms with van der Waals surface area (Å²) in [6.07, 6.45) is 4.18. The number of nitrogens with zero attached hydrogens (tertiary/aromatic N) is 1. The highest BCUT2D eigenvalue weighted by atomic mass is 35.5. The molecule has 1 fully saturated rings. The fourth-order valence-corrected chi connectivity index (χ4v) is 5.14. The summed E-state index contributed by atoms with van der Waals surface area (Å²) in [5, 5.41) is 3.43. The van der Waals surface area contributed by atoms with Gasteiger partial charge in [0, 0.05) is 28.9 Å². The second kappa shape index (κ2) is 12.3. The van der Waals surface area contributed by atoms with Crippen LogP contribution in [-0.4, -0.2) is 41.7 Å². The van der Waals surface area contributed by atoms with Crippen molar-refractivity contribution in [3.63, 3.8) is 0 Å². The zero-order chi connectivity index (χ0) is 23.8. The number of carbonyl (C=O) groups excluding carboxylic acids is 2. The zero-order valence-corrected chi connectivity index (χ0v) is 20.6. The number of benzene rings is 2. The SMILES string of the molecule is COc1ccc(CN(C(=O)CSCc2c(F)cccc2Cl)[C@@H](C)C(=O)NC2CCCC2)cc1.